The summed E-state index contributed by atoms with van der Waals surface area (Å²) < 4.78 is 0. The molecule has 0 saturated heterocycles. The number of fused-ring (bicyclic) bond motifs is 6. The van der Waals surface area contributed by atoms with Gasteiger partial charge in [-0.1, -0.05) is 142 Å². The van der Waals surface area contributed by atoms with Crippen molar-refractivity contribution in [3.63, 3.8) is 0 Å². The van der Waals surface area contributed by atoms with Gasteiger partial charge in [-0.15, -0.1) is 0 Å². The Labute approximate surface area is 253 Å². The number of carbonyl (C=O) groups is 1. The van der Waals surface area contributed by atoms with E-state index < -0.39 is 0 Å². The van der Waals surface area contributed by atoms with Crippen LogP contribution in [0.15, 0.2) is 72.8 Å². The minimum absolute atomic E-state index is 0.0415. The van der Waals surface area contributed by atoms with E-state index in [4.69, 9.17) is 0 Å². The molecule has 216 valence electrons. The molecule has 4 aromatic rings. The van der Waals surface area contributed by atoms with Crippen LogP contribution in [0.1, 0.15) is 131 Å². The van der Waals surface area contributed by atoms with Crippen molar-refractivity contribution >= 4 is 6.29 Å². The van der Waals surface area contributed by atoms with Crippen molar-refractivity contribution in [1.82, 2.24) is 0 Å². The zero-order chi connectivity index (χ0) is 30.4. The highest BCUT2D eigenvalue weighted by atomic mass is 16.1. The van der Waals surface area contributed by atoms with Gasteiger partial charge in [0, 0.05) is 5.92 Å². The fraction of sp³-hybridized carbons (Fsp3) is 0.390. The van der Waals surface area contributed by atoms with E-state index in [9.17, 15) is 4.79 Å². The molecular weight excluding hydrogens is 508 g/mol. The first-order valence-electron chi connectivity index (χ1n) is 15.7. The molecular formula is C41H46O. The van der Waals surface area contributed by atoms with Crippen LogP contribution in [0.2, 0.25) is 0 Å². The molecule has 0 fully saturated rings. The molecule has 0 aliphatic heterocycles. The van der Waals surface area contributed by atoms with Gasteiger partial charge in [0.1, 0.15) is 6.29 Å². The Hall–Kier alpha value is -3.45. The lowest BCUT2D eigenvalue weighted by Gasteiger charge is -2.43. The Morgan fingerprint density at radius 1 is 0.571 bits per heavy atom. The highest BCUT2D eigenvalue weighted by Gasteiger charge is 2.42. The van der Waals surface area contributed by atoms with Crippen LogP contribution in [-0.4, -0.2) is 6.29 Å². The maximum Gasteiger partial charge on any atom is 0.131 e. The summed E-state index contributed by atoms with van der Waals surface area (Å²) >= 11 is 0. The average molecular weight is 555 g/mol. The average Bonchev–Trinajstić information content (AvgIpc) is 3.42. The number of carbonyl (C=O) groups excluding carboxylic acids is 1. The summed E-state index contributed by atoms with van der Waals surface area (Å²) in [5.41, 5.74) is 15.4. The molecule has 1 nitrogen and oxygen atoms in total. The normalized spacial score (nSPS) is 17.6. The molecule has 1 heteroatoms. The lowest BCUT2D eigenvalue weighted by atomic mass is 9.60. The number of aldehydes is 1. The van der Waals surface area contributed by atoms with Crippen molar-refractivity contribution in [2.75, 3.05) is 0 Å². The summed E-state index contributed by atoms with van der Waals surface area (Å²) in [7, 11) is 0. The van der Waals surface area contributed by atoms with E-state index in [-0.39, 0.29) is 22.2 Å². The first-order chi connectivity index (χ1) is 19.7. The van der Waals surface area contributed by atoms with Crippen LogP contribution in [-0.2, 0) is 21.0 Å². The maximum absolute atomic E-state index is 12.6. The fourth-order valence-electron chi connectivity index (χ4n) is 7.29. The van der Waals surface area contributed by atoms with Crippen LogP contribution in [0.4, 0.5) is 0 Å². The predicted octanol–water partition coefficient (Wildman–Crippen LogP) is 10.8. The van der Waals surface area contributed by atoms with Crippen molar-refractivity contribution in [3.05, 3.63) is 117 Å². The molecule has 0 saturated carbocycles. The summed E-state index contributed by atoms with van der Waals surface area (Å²) in [4.78, 5) is 12.6. The van der Waals surface area contributed by atoms with E-state index in [1.54, 1.807) is 0 Å². The number of hydrogen-bond donors (Lipinski definition) is 0. The summed E-state index contributed by atoms with van der Waals surface area (Å²) in [5.74, 6) is 0.699. The minimum atomic E-state index is -0.216. The van der Waals surface area contributed by atoms with E-state index in [0.29, 0.717) is 11.8 Å². The standard InChI is InChI=1S/C41H46O/c1-24(2)26-11-15-30-31-17-13-28(21-35(31)25(3)34(30)19-26)40(7,8)41(9,10)29-14-18-33-32-16-12-27(39(4,5)6)20-36(32)38(23-42)37(33)22-29/h11-25,38H,1-10H3. The SMILES string of the molecule is CC(C)c1ccc2c(c1)C(C)c1cc(C(C)(C)C(C)(C)c3ccc4c(c3)C(C=O)c3cc(C(C)(C)C)ccc3-4)ccc1-2. The van der Waals surface area contributed by atoms with Crippen LogP contribution in [0.25, 0.3) is 22.3 Å². The molecule has 0 spiro atoms. The molecule has 42 heavy (non-hydrogen) atoms. The number of rotatable bonds is 5. The lowest BCUT2D eigenvalue weighted by Crippen LogP contribution is -2.40. The summed E-state index contributed by atoms with van der Waals surface area (Å²) in [6.07, 6.45) is 1.14. The molecule has 2 atom stereocenters. The van der Waals surface area contributed by atoms with Crippen molar-refractivity contribution in [2.24, 2.45) is 0 Å². The van der Waals surface area contributed by atoms with Gasteiger partial charge < -0.3 is 4.79 Å². The van der Waals surface area contributed by atoms with Crippen LogP contribution >= 0.6 is 0 Å². The number of hydrogen-bond acceptors (Lipinski definition) is 1. The van der Waals surface area contributed by atoms with Crippen molar-refractivity contribution in [1.29, 1.82) is 0 Å². The van der Waals surface area contributed by atoms with E-state index in [0.717, 1.165) is 17.4 Å². The van der Waals surface area contributed by atoms with E-state index in [1.807, 2.05) is 0 Å². The Balaban J connectivity index is 1.38. The second-order valence-corrected chi connectivity index (χ2v) is 15.2. The largest absolute Gasteiger partial charge is 0.302 e. The third kappa shape index (κ3) is 4.15. The van der Waals surface area contributed by atoms with Crippen LogP contribution < -0.4 is 0 Å². The van der Waals surface area contributed by atoms with Gasteiger partial charge in [-0.2, -0.15) is 0 Å². The van der Waals surface area contributed by atoms with Gasteiger partial charge in [0.25, 0.3) is 0 Å². The van der Waals surface area contributed by atoms with Crippen LogP contribution in [0.5, 0.6) is 0 Å². The Bertz CT molecular complexity index is 1720. The van der Waals surface area contributed by atoms with Gasteiger partial charge >= 0.3 is 0 Å². The molecule has 2 aliphatic rings. The predicted molar refractivity (Wildman–Crippen MR) is 178 cm³/mol. The Morgan fingerprint density at radius 2 is 0.976 bits per heavy atom. The quantitative estimate of drug-likeness (QED) is 0.224. The monoisotopic (exact) mass is 554 g/mol. The van der Waals surface area contributed by atoms with Crippen LogP contribution in [0.3, 0.4) is 0 Å². The van der Waals surface area contributed by atoms with Gasteiger partial charge in [0.15, 0.2) is 0 Å². The summed E-state index contributed by atoms with van der Waals surface area (Å²) in [6.45, 7) is 23.1. The zero-order valence-corrected chi connectivity index (χ0v) is 27.1. The zero-order valence-electron chi connectivity index (χ0n) is 27.1. The molecule has 4 aromatic carbocycles. The van der Waals surface area contributed by atoms with Gasteiger partial charge in [-0.3, -0.25) is 0 Å². The van der Waals surface area contributed by atoms with E-state index >= 15 is 0 Å². The highest BCUT2D eigenvalue weighted by molar-refractivity contribution is 5.88. The molecule has 2 unspecified atom stereocenters. The molecule has 0 bridgehead atoms. The highest BCUT2D eigenvalue weighted by Crippen LogP contribution is 2.52. The molecule has 0 radical (unpaired) electrons. The second-order valence-electron chi connectivity index (χ2n) is 15.2. The molecule has 0 amide bonds. The van der Waals surface area contributed by atoms with Gasteiger partial charge in [0.2, 0.25) is 0 Å². The number of benzene rings is 4. The smallest absolute Gasteiger partial charge is 0.131 e. The van der Waals surface area contributed by atoms with Crippen LogP contribution in [0, 0.1) is 0 Å². The molecule has 2 aliphatic carbocycles. The van der Waals surface area contributed by atoms with Gasteiger partial charge in [-0.25, -0.2) is 0 Å². The van der Waals surface area contributed by atoms with Crippen molar-refractivity contribution < 1.29 is 4.79 Å². The molecule has 0 aromatic heterocycles. The van der Waals surface area contributed by atoms with E-state index in [2.05, 4.69) is 142 Å². The minimum Gasteiger partial charge on any atom is -0.302 e. The molecule has 0 heterocycles. The summed E-state index contributed by atoms with van der Waals surface area (Å²) in [6, 6.07) is 27.8. The third-order valence-electron chi connectivity index (χ3n) is 11.1. The van der Waals surface area contributed by atoms with Crippen molar-refractivity contribution in [3.8, 4) is 22.3 Å². The second kappa shape index (κ2) is 9.53. The molecule has 6 rings (SSSR count). The first kappa shape index (κ1) is 28.7. The first-order valence-corrected chi connectivity index (χ1v) is 15.7. The van der Waals surface area contributed by atoms with E-state index in [1.165, 1.54) is 55.6 Å². The van der Waals surface area contributed by atoms with Crippen molar-refractivity contribution in [2.45, 2.75) is 103 Å². The third-order valence-corrected chi connectivity index (χ3v) is 11.1. The fourth-order valence-corrected chi connectivity index (χ4v) is 7.29. The topological polar surface area (TPSA) is 17.1 Å². The maximum atomic E-state index is 12.6. The van der Waals surface area contributed by atoms with Gasteiger partial charge in [-0.05, 0) is 88.9 Å². The Kier molecular flexibility index (Phi) is 6.50. The lowest BCUT2D eigenvalue weighted by molar-refractivity contribution is -0.108. The van der Waals surface area contributed by atoms with Gasteiger partial charge in [0.05, 0.1) is 5.92 Å². The Morgan fingerprint density at radius 3 is 1.45 bits per heavy atom. The molecule has 0 N–H and O–H groups in total. The summed E-state index contributed by atoms with van der Waals surface area (Å²) in [5, 5.41) is 0.